The maximum absolute atomic E-state index is 13.3. The lowest BCUT2D eigenvalue weighted by Crippen LogP contribution is -2.45. The van der Waals surface area contributed by atoms with Gasteiger partial charge >= 0.3 is 0 Å². The molecule has 3 aromatic rings. The van der Waals surface area contributed by atoms with Crippen molar-refractivity contribution in [3.63, 3.8) is 0 Å². The van der Waals surface area contributed by atoms with Crippen LogP contribution in [-0.4, -0.2) is 46.3 Å². The summed E-state index contributed by atoms with van der Waals surface area (Å²) in [5.41, 5.74) is 4.18. The second kappa shape index (κ2) is 9.30. The van der Waals surface area contributed by atoms with Gasteiger partial charge in [-0.05, 0) is 43.4 Å². The van der Waals surface area contributed by atoms with Gasteiger partial charge in [0, 0.05) is 32.0 Å². The summed E-state index contributed by atoms with van der Waals surface area (Å²) >= 11 is 0. The smallest absolute Gasteiger partial charge is 0.274 e. The Bertz CT molecular complexity index is 1120. The predicted molar refractivity (Wildman–Crippen MR) is 124 cm³/mol. The van der Waals surface area contributed by atoms with E-state index in [-0.39, 0.29) is 11.8 Å². The van der Waals surface area contributed by atoms with Crippen molar-refractivity contribution in [2.24, 2.45) is 5.41 Å². The van der Waals surface area contributed by atoms with Crippen molar-refractivity contribution in [1.29, 1.82) is 0 Å². The first kappa shape index (κ1) is 21.7. The van der Waals surface area contributed by atoms with E-state index in [1.54, 1.807) is 11.1 Å². The van der Waals surface area contributed by atoms with Crippen LogP contribution in [-0.2, 0) is 11.2 Å². The minimum absolute atomic E-state index is 0.00603. The molecule has 2 amide bonds. The number of carbonyl (C=O) groups excluding carboxylic acids is 2. The van der Waals surface area contributed by atoms with Crippen LogP contribution in [0.4, 0.5) is 0 Å². The van der Waals surface area contributed by atoms with Crippen molar-refractivity contribution < 1.29 is 9.59 Å². The molecule has 1 saturated heterocycles. The molecule has 1 aliphatic rings. The predicted octanol–water partition coefficient (Wildman–Crippen LogP) is 3.66. The summed E-state index contributed by atoms with van der Waals surface area (Å²) in [5, 5.41) is 3.01. The first-order valence-corrected chi connectivity index (χ1v) is 11.0. The molecule has 32 heavy (non-hydrogen) atoms. The molecule has 1 atom stereocenters. The van der Waals surface area contributed by atoms with E-state index in [1.165, 1.54) is 18.0 Å². The van der Waals surface area contributed by atoms with E-state index in [2.05, 4.69) is 58.6 Å². The molecule has 4 rings (SSSR count). The van der Waals surface area contributed by atoms with Gasteiger partial charge < -0.3 is 10.2 Å². The quantitative estimate of drug-likeness (QED) is 0.650. The molecular weight excluding hydrogens is 400 g/mol. The van der Waals surface area contributed by atoms with Crippen molar-refractivity contribution >= 4 is 11.8 Å². The Balaban J connectivity index is 1.66. The van der Waals surface area contributed by atoms with Gasteiger partial charge in [0.05, 0.1) is 11.6 Å². The summed E-state index contributed by atoms with van der Waals surface area (Å²) in [6, 6.07) is 16.6. The largest absolute Gasteiger partial charge is 0.356 e. The molecule has 0 spiro atoms. The summed E-state index contributed by atoms with van der Waals surface area (Å²) in [7, 11) is 0. The van der Waals surface area contributed by atoms with E-state index in [1.807, 2.05) is 19.1 Å². The third kappa shape index (κ3) is 4.40. The molecule has 0 aliphatic carbocycles. The Labute approximate surface area is 188 Å². The number of nitrogens with zero attached hydrogens (tertiary/aromatic N) is 3. The Hall–Kier alpha value is -3.54. The highest BCUT2D eigenvalue weighted by atomic mass is 16.2. The van der Waals surface area contributed by atoms with Crippen LogP contribution in [0.5, 0.6) is 0 Å². The maximum Gasteiger partial charge on any atom is 0.274 e. The molecule has 1 aliphatic heterocycles. The molecule has 0 saturated carbocycles. The molecule has 1 N–H and O–H groups in total. The van der Waals surface area contributed by atoms with E-state index in [0.717, 1.165) is 16.7 Å². The van der Waals surface area contributed by atoms with Crippen molar-refractivity contribution in [2.75, 3.05) is 19.6 Å². The highest BCUT2D eigenvalue weighted by Gasteiger charge is 2.46. The van der Waals surface area contributed by atoms with Gasteiger partial charge in [0.15, 0.2) is 0 Å². The number of aryl methyl sites for hydroxylation is 1. The van der Waals surface area contributed by atoms with Gasteiger partial charge in [-0.2, -0.15) is 0 Å². The van der Waals surface area contributed by atoms with E-state index in [0.29, 0.717) is 38.2 Å². The number of benzene rings is 2. The third-order valence-corrected chi connectivity index (χ3v) is 6.12. The van der Waals surface area contributed by atoms with Crippen molar-refractivity contribution in [2.45, 2.75) is 26.7 Å². The van der Waals surface area contributed by atoms with Gasteiger partial charge in [0.25, 0.3) is 5.91 Å². The van der Waals surface area contributed by atoms with Crippen LogP contribution in [0.15, 0.2) is 67.1 Å². The van der Waals surface area contributed by atoms with Crippen LogP contribution < -0.4 is 5.32 Å². The number of hydrogen-bond donors (Lipinski definition) is 1. The Morgan fingerprint density at radius 3 is 2.72 bits per heavy atom. The normalized spacial score (nSPS) is 17.9. The topological polar surface area (TPSA) is 75.2 Å². The summed E-state index contributed by atoms with van der Waals surface area (Å²) < 4.78 is 0. The van der Waals surface area contributed by atoms with Crippen LogP contribution >= 0.6 is 0 Å². The second-order valence-corrected chi connectivity index (χ2v) is 8.41. The fourth-order valence-electron chi connectivity index (χ4n) is 4.51. The summed E-state index contributed by atoms with van der Waals surface area (Å²) in [6.07, 6.45) is 5.70. The van der Waals surface area contributed by atoms with Crippen LogP contribution in [0, 0.1) is 12.3 Å². The monoisotopic (exact) mass is 428 g/mol. The van der Waals surface area contributed by atoms with Gasteiger partial charge in [0.2, 0.25) is 5.91 Å². The average Bonchev–Trinajstić information content (AvgIpc) is 3.25. The molecule has 0 bridgehead atoms. The highest BCUT2D eigenvalue weighted by molar-refractivity contribution is 5.93. The maximum atomic E-state index is 13.3. The average molecular weight is 429 g/mol. The van der Waals surface area contributed by atoms with Crippen LogP contribution in [0.2, 0.25) is 0 Å². The SMILES string of the molecule is CCNC(=O)[C@]1(Cc2ccccc2-c2cccc(C)c2)CCN(C(=O)c2cnccn2)C1. The van der Waals surface area contributed by atoms with Gasteiger partial charge in [0.1, 0.15) is 5.69 Å². The standard InChI is InChI=1S/C26H28N4O2/c1-3-28-25(32)26(11-14-30(18-26)24(31)23-17-27-12-13-29-23)16-21-8-4-5-10-22(21)20-9-6-7-19(2)15-20/h4-10,12-13,15,17H,3,11,14,16,18H2,1-2H3,(H,28,32)/t26-/m0/s1. The van der Waals surface area contributed by atoms with E-state index >= 15 is 0 Å². The van der Waals surface area contributed by atoms with E-state index in [9.17, 15) is 9.59 Å². The fraction of sp³-hybridized carbons (Fsp3) is 0.308. The first-order chi connectivity index (χ1) is 15.5. The van der Waals surface area contributed by atoms with Crippen LogP contribution in [0.25, 0.3) is 11.1 Å². The Kier molecular flexibility index (Phi) is 6.30. The number of hydrogen-bond acceptors (Lipinski definition) is 4. The zero-order valence-electron chi connectivity index (χ0n) is 18.5. The van der Waals surface area contributed by atoms with Gasteiger partial charge in [-0.1, -0.05) is 54.1 Å². The van der Waals surface area contributed by atoms with Crippen molar-refractivity contribution in [3.05, 3.63) is 83.9 Å². The molecular formula is C26H28N4O2. The Morgan fingerprint density at radius 2 is 1.97 bits per heavy atom. The van der Waals surface area contributed by atoms with Crippen LogP contribution in [0.3, 0.4) is 0 Å². The Morgan fingerprint density at radius 1 is 1.12 bits per heavy atom. The molecule has 0 radical (unpaired) electrons. The number of carbonyl (C=O) groups is 2. The molecule has 6 nitrogen and oxygen atoms in total. The number of rotatable bonds is 6. The van der Waals surface area contributed by atoms with E-state index < -0.39 is 5.41 Å². The number of likely N-dealkylation sites (tertiary alicyclic amines) is 1. The molecule has 2 aromatic carbocycles. The molecule has 1 fully saturated rings. The summed E-state index contributed by atoms with van der Waals surface area (Å²) in [5.74, 6) is -0.190. The van der Waals surface area contributed by atoms with Gasteiger partial charge in [-0.15, -0.1) is 0 Å². The molecule has 1 aromatic heterocycles. The molecule has 164 valence electrons. The number of amides is 2. The third-order valence-electron chi connectivity index (χ3n) is 6.12. The van der Waals surface area contributed by atoms with Gasteiger partial charge in [-0.3, -0.25) is 14.6 Å². The fourth-order valence-corrected chi connectivity index (χ4v) is 4.51. The van der Waals surface area contributed by atoms with Crippen molar-refractivity contribution in [1.82, 2.24) is 20.2 Å². The van der Waals surface area contributed by atoms with Crippen molar-refractivity contribution in [3.8, 4) is 11.1 Å². The zero-order valence-corrected chi connectivity index (χ0v) is 18.5. The number of nitrogens with one attached hydrogen (secondary N) is 1. The zero-order chi connectivity index (χ0) is 22.6. The first-order valence-electron chi connectivity index (χ1n) is 11.0. The summed E-state index contributed by atoms with van der Waals surface area (Å²) in [6.45, 7) is 5.42. The minimum atomic E-state index is -0.687. The molecule has 2 heterocycles. The molecule has 6 heteroatoms. The van der Waals surface area contributed by atoms with Crippen LogP contribution in [0.1, 0.15) is 35.0 Å². The van der Waals surface area contributed by atoms with E-state index in [4.69, 9.17) is 0 Å². The lowest BCUT2D eigenvalue weighted by atomic mass is 9.78. The molecule has 0 unspecified atom stereocenters. The van der Waals surface area contributed by atoms with Gasteiger partial charge in [-0.25, -0.2) is 4.98 Å². The minimum Gasteiger partial charge on any atom is -0.356 e. The summed E-state index contributed by atoms with van der Waals surface area (Å²) in [4.78, 5) is 36.2. The lowest BCUT2D eigenvalue weighted by molar-refractivity contribution is -0.130. The number of aromatic nitrogens is 2. The lowest BCUT2D eigenvalue weighted by Gasteiger charge is -2.29. The highest BCUT2D eigenvalue weighted by Crippen LogP contribution is 2.38. The second-order valence-electron chi connectivity index (χ2n) is 8.41.